The summed E-state index contributed by atoms with van der Waals surface area (Å²) in [7, 11) is 1.60. The van der Waals surface area contributed by atoms with Gasteiger partial charge in [-0.1, -0.05) is 0 Å². The standard InChI is InChI=1S/C20H18N4O5/c1-20(2)28-18(25)15(19(26)29-20)11-21-12-4-9-16-17(10-12)23-24(22-16)13-5-7-14(27-3)8-6-13/h4-11,21H,1-3H3. The molecule has 0 amide bonds. The van der Waals surface area contributed by atoms with Crippen molar-refractivity contribution in [2.75, 3.05) is 12.4 Å². The van der Waals surface area contributed by atoms with E-state index in [1.165, 1.54) is 24.8 Å². The summed E-state index contributed by atoms with van der Waals surface area (Å²) >= 11 is 0. The zero-order valence-electron chi connectivity index (χ0n) is 16.0. The average molecular weight is 394 g/mol. The summed E-state index contributed by atoms with van der Waals surface area (Å²) < 4.78 is 15.3. The summed E-state index contributed by atoms with van der Waals surface area (Å²) in [4.78, 5) is 25.5. The number of ether oxygens (including phenoxy) is 3. The monoisotopic (exact) mass is 394 g/mol. The number of fused-ring (bicyclic) bond motifs is 1. The fourth-order valence-corrected chi connectivity index (χ4v) is 2.77. The summed E-state index contributed by atoms with van der Waals surface area (Å²) in [5, 5.41) is 11.8. The van der Waals surface area contributed by atoms with Crippen molar-refractivity contribution >= 4 is 28.7 Å². The highest BCUT2D eigenvalue weighted by atomic mass is 16.7. The summed E-state index contributed by atoms with van der Waals surface area (Å²) in [6.07, 6.45) is 1.26. The van der Waals surface area contributed by atoms with E-state index < -0.39 is 17.7 Å². The summed E-state index contributed by atoms with van der Waals surface area (Å²) in [6, 6.07) is 12.6. The Morgan fingerprint density at radius 1 is 1.00 bits per heavy atom. The third kappa shape index (κ3) is 3.75. The third-order valence-electron chi connectivity index (χ3n) is 4.18. The number of hydrogen-bond acceptors (Lipinski definition) is 8. The van der Waals surface area contributed by atoms with E-state index >= 15 is 0 Å². The van der Waals surface area contributed by atoms with Gasteiger partial charge in [0.2, 0.25) is 0 Å². The lowest BCUT2D eigenvalue weighted by atomic mass is 10.2. The van der Waals surface area contributed by atoms with Gasteiger partial charge in [0.05, 0.1) is 12.8 Å². The first kappa shape index (κ1) is 18.5. The average Bonchev–Trinajstić information content (AvgIpc) is 3.10. The maximum Gasteiger partial charge on any atom is 0.350 e. The van der Waals surface area contributed by atoms with Crippen molar-refractivity contribution in [1.29, 1.82) is 0 Å². The molecule has 0 bridgehead atoms. The zero-order chi connectivity index (χ0) is 20.6. The van der Waals surface area contributed by atoms with Crippen LogP contribution in [-0.2, 0) is 19.1 Å². The van der Waals surface area contributed by atoms with E-state index in [-0.39, 0.29) is 5.57 Å². The van der Waals surface area contributed by atoms with Crippen molar-refractivity contribution in [3.63, 3.8) is 0 Å². The van der Waals surface area contributed by atoms with Gasteiger partial charge in [0.25, 0.3) is 5.79 Å². The van der Waals surface area contributed by atoms with Crippen molar-refractivity contribution in [1.82, 2.24) is 15.0 Å². The first-order valence-electron chi connectivity index (χ1n) is 8.79. The molecule has 0 aliphatic carbocycles. The van der Waals surface area contributed by atoms with Gasteiger partial charge in [0.1, 0.15) is 16.8 Å². The maximum absolute atomic E-state index is 12.0. The molecule has 9 nitrogen and oxygen atoms in total. The highest BCUT2D eigenvalue weighted by Gasteiger charge is 2.38. The highest BCUT2D eigenvalue weighted by molar-refractivity contribution is 6.15. The Hall–Kier alpha value is -3.88. The maximum atomic E-state index is 12.0. The molecule has 1 fully saturated rings. The molecule has 4 rings (SSSR count). The minimum Gasteiger partial charge on any atom is -0.497 e. The van der Waals surface area contributed by atoms with E-state index in [1.807, 2.05) is 24.3 Å². The molecular weight excluding hydrogens is 376 g/mol. The Balaban J connectivity index is 1.56. The Labute approximate surface area is 165 Å². The van der Waals surface area contributed by atoms with Crippen molar-refractivity contribution in [3.8, 4) is 11.4 Å². The fraction of sp³-hybridized carbons (Fsp3) is 0.200. The van der Waals surface area contributed by atoms with E-state index in [1.54, 1.807) is 25.3 Å². The summed E-state index contributed by atoms with van der Waals surface area (Å²) in [5.41, 5.74) is 2.52. The van der Waals surface area contributed by atoms with Crippen LogP contribution in [0.5, 0.6) is 5.75 Å². The molecule has 29 heavy (non-hydrogen) atoms. The molecule has 1 aliphatic rings. The second-order valence-corrected chi connectivity index (χ2v) is 6.77. The number of nitrogens with zero attached hydrogens (tertiary/aromatic N) is 3. The Morgan fingerprint density at radius 2 is 1.66 bits per heavy atom. The molecule has 0 saturated carbocycles. The lowest BCUT2D eigenvalue weighted by Crippen LogP contribution is -2.42. The molecular formula is C20H18N4O5. The molecule has 2 heterocycles. The smallest absolute Gasteiger partial charge is 0.350 e. The van der Waals surface area contributed by atoms with Crippen LogP contribution in [0, 0.1) is 0 Å². The number of aromatic nitrogens is 3. The van der Waals surface area contributed by atoms with Crippen LogP contribution < -0.4 is 10.1 Å². The Bertz CT molecular complexity index is 1110. The normalized spacial score (nSPS) is 15.6. The molecule has 1 saturated heterocycles. The fourth-order valence-electron chi connectivity index (χ4n) is 2.77. The molecule has 1 aliphatic heterocycles. The third-order valence-corrected chi connectivity index (χ3v) is 4.18. The summed E-state index contributed by atoms with van der Waals surface area (Å²) in [5.74, 6) is -2.02. The van der Waals surface area contributed by atoms with Gasteiger partial charge in [0, 0.05) is 25.7 Å². The van der Waals surface area contributed by atoms with Gasteiger partial charge < -0.3 is 19.5 Å². The molecule has 148 valence electrons. The molecule has 0 unspecified atom stereocenters. The van der Waals surface area contributed by atoms with Gasteiger partial charge in [-0.25, -0.2) is 9.59 Å². The van der Waals surface area contributed by atoms with Crippen molar-refractivity contribution in [2.45, 2.75) is 19.6 Å². The Morgan fingerprint density at radius 3 is 2.31 bits per heavy atom. The lowest BCUT2D eigenvalue weighted by molar-refractivity contribution is -0.222. The molecule has 1 aromatic heterocycles. The van der Waals surface area contributed by atoms with Crippen LogP contribution in [-0.4, -0.2) is 39.8 Å². The van der Waals surface area contributed by atoms with Crippen LogP contribution in [0.15, 0.2) is 54.2 Å². The quantitative estimate of drug-likeness (QED) is 0.409. The number of cyclic esters (lactones) is 2. The van der Waals surface area contributed by atoms with Crippen LogP contribution in [0.1, 0.15) is 13.8 Å². The van der Waals surface area contributed by atoms with E-state index in [2.05, 4.69) is 15.5 Å². The number of benzene rings is 2. The number of nitrogens with one attached hydrogen (secondary N) is 1. The van der Waals surface area contributed by atoms with Gasteiger partial charge in [-0.3, -0.25) is 0 Å². The van der Waals surface area contributed by atoms with Crippen LogP contribution in [0.25, 0.3) is 16.7 Å². The lowest BCUT2D eigenvalue weighted by Gasteiger charge is -2.29. The van der Waals surface area contributed by atoms with Gasteiger partial charge >= 0.3 is 11.9 Å². The minimum atomic E-state index is -1.27. The Kier molecular flexibility index (Phi) is 4.42. The van der Waals surface area contributed by atoms with E-state index in [4.69, 9.17) is 14.2 Å². The number of rotatable bonds is 4. The van der Waals surface area contributed by atoms with E-state index in [0.717, 1.165) is 11.4 Å². The topological polar surface area (TPSA) is 105 Å². The predicted octanol–water partition coefficient (Wildman–Crippen LogP) is 2.56. The number of anilines is 1. The van der Waals surface area contributed by atoms with Crippen molar-refractivity contribution in [3.05, 3.63) is 54.2 Å². The van der Waals surface area contributed by atoms with Crippen molar-refractivity contribution < 1.29 is 23.8 Å². The first-order valence-corrected chi connectivity index (χ1v) is 8.79. The number of methoxy groups -OCH3 is 1. The molecule has 0 atom stereocenters. The number of hydrogen-bond donors (Lipinski definition) is 1. The number of carbonyl (C=O) groups is 2. The minimum absolute atomic E-state index is 0.216. The second-order valence-electron chi connectivity index (χ2n) is 6.77. The van der Waals surface area contributed by atoms with Gasteiger partial charge in [-0.15, -0.1) is 10.2 Å². The molecule has 0 radical (unpaired) electrons. The van der Waals surface area contributed by atoms with Gasteiger partial charge in [0.15, 0.2) is 5.57 Å². The van der Waals surface area contributed by atoms with E-state index in [0.29, 0.717) is 16.7 Å². The van der Waals surface area contributed by atoms with Crippen LogP contribution in [0.4, 0.5) is 5.69 Å². The SMILES string of the molecule is COc1ccc(-n2nc3ccc(NC=C4C(=O)OC(C)(C)OC4=O)cc3n2)cc1. The predicted molar refractivity (Wildman–Crippen MR) is 103 cm³/mol. The first-order chi connectivity index (χ1) is 13.8. The molecule has 3 aromatic rings. The van der Waals surface area contributed by atoms with Gasteiger partial charge in [-0.05, 0) is 42.5 Å². The molecule has 0 spiro atoms. The van der Waals surface area contributed by atoms with Crippen molar-refractivity contribution in [2.24, 2.45) is 0 Å². The molecule has 2 aromatic carbocycles. The zero-order valence-corrected chi connectivity index (χ0v) is 16.0. The van der Waals surface area contributed by atoms with Gasteiger partial charge in [-0.2, -0.15) is 4.80 Å². The van der Waals surface area contributed by atoms with Crippen LogP contribution in [0.3, 0.4) is 0 Å². The largest absolute Gasteiger partial charge is 0.497 e. The highest BCUT2D eigenvalue weighted by Crippen LogP contribution is 2.23. The van der Waals surface area contributed by atoms with Crippen LogP contribution >= 0.6 is 0 Å². The van der Waals surface area contributed by atoms with Crippen LogP contribution in [0.2, 0.25) is 0 Å². The molecule has 1 N–H and O–H groups in total. The summed E-state index contributed by atoms with van der Waals surface area (Å²) in [6.45, 7) is 2.99. The number of carbonyl (C=O) groups excluding carboxylic acids is 2. The molecule has 9 heteroatoms. The second kappa shape index (κ2) is 6.93. The number of esters is 2. The van der Waals surface area contributed by atoms with E-state index in [9.17, 15) is 9.59 Å².